The van der Waals surface area contributed by atoms with E-state index in [0.29, 0.717) is 5.41 Å². The molecule has 2 rings (SSSR count). The fourth-order valence-corrected chi connectivity index (χ4v) is 2.50. The van der Waals surface area contributed by atoms with Crippen LogP contribution in [0.2, 0.25) is 0 Å². The molecule has 0 spiro atoms. The number of methoxy groups -OCH3 is 1. The van der Waals surface area contributed by atoms with Crippen LogP contribution in [0.5, 0.6) is 5.75 Å². The van der Waals surface area contributed by atoms with Gasteiger partial charge in [-0.1, -0.05) is 25.1 Å². The highest BCUT2D eigenvalue weighted by Crippen LogP contribution is 2.30. The van der Waals surface area contributed by atoms with E-state index in [-0.39, 0.29) is 12.4 Å². The molecule has 0 amide bonds. The molecule has 0 aromatic heterocycles. The number of nitrogens with zero attached hydrogens (tertiary/aromatic N) is 1. The summed E-state index contributed by atoms with van der Waals surface area (Å²) in [6, 6.07) is 8.23. The number of halogens is 1. The average Bonchev–Trinajstić information content (AvgIpc) is 2.73. The lowest BCUT2D eigenvalue weighted by Crippen LogP contribution is -2.31. The maximum Gasteiger partial charge on any atom is 0.123 e. The zero-order valence-corrected chi connectivity index (χ0v) is 12.0. The molecule has 1 atom stereocenters. The molecular formula is C14H23ClN2O. The number of likely N-dealkylation sites (tertiary alicyclic amines) is 1. The van der Waals surface area contributed by atoms with Crippen molar-refractivity contribution in [1.82, 2.24) is 4.90 Å². The molecule has 0 saturated carbocycles. The van der Waals surface area contributed by atoms with Gasteiger partial charge >= 0.3 is 0 Å². The van der Waals surface area contributed by atoms with Crippen LogP contribution >= 0.6 is 12.4 Å². The number of hydrogen-bond donors (Lipinski definition) is 1. The van der Waals surface area contributed by atoms with E-state index in [9.17, 15) is 0 Å². The SMILES string of the molecule is COc1ccccc1CN1CCC(C)(CN)C1.Cl. The van der Waals surface area contributed by atoms with Gasteiger partial charge in [-0.05, 0) is 31.0 Å². The van der Waals surface area contributed by atoms with Crippen LogP contribution in [-0.2, 0) is 6.54 Å². The van der Waals surface area contributed by atoms with Crippen LogP contribution in [0.4, 0.5) is 0 Å². The average molecular weight is 271 g/mol. The van der Waals surface area contributed by atoms with E-state index in [4.69, 9.17) is 10.5 Å². The first-order valence-corrected chi connectivity index (χ1v) is 6.21. The van der Waals surface area contributed by atoms with E-state index >= 15 is 0 Å². The van der Waals surface area contributed by atoms with Gasteiger partial charge in [0.15, 0.2) is 0 Å². The molecule has 1 unspecified atom stereocenters. The summed E-state index contributed by atoms with van der Waals surface area (Å²) >= 11 is 0. The number of rotatable bonds is 4. The molecule has 4 heteroatoms. The maximum absolute atomic E-state index is 5.83. The summed E-state index contributed by atoms with van der Waals surface area (Å²) in [5.74, 6) is 0.980. The van der Waals surface area contributed by atoms with Gasteiger partial charge in [-0.25, -0.2) is 0 Å². The summed E-state index contributed by atoms with van der Waals surface area (Å²) in [6.45, 7) is 6.22. The van der Waals surface area contributed by atoms with E-state index < -0.39 is 0 Å². The Morgan fingerprint density at radius 2 is 2.11 bits per heavy atom. The van der Waals surface area contributed by atoms with Crippen molar-refractivity contribution >= 4 is 12.4 Å². The molecule has 0 bridgehead atoms. The molecule has 1 saturated heterocycles. The third-order valence-corrected chi connectivity index (χ3v) is 3.72. The Kier molecular flexibility index (Phi) is 5.45. The van der Waals surface area contributed by atoms with Crippen molar-refractivity contribution in [1.29, 1.82) is 0 Å². The number of ether oxygens (including phenoxy) is 1. The first kappa shape index (κ1) is 15.3. The molecule has 102 valence electrons. The Morgan fingerprint density at radius 3 is 2.72 bits per heavy atom. The number of nitrogens with two attached hydrogens (primary N) is 1. The Labute approximate surface area is 116 Å². The highest BCUT2D eigenvalue weighted by molar-refractivity contribution is 5.85. The second kappa shape index (κ2) is 6.41. The predicted octanol–water partition coefficient (Wildman–Crippen LogP) is 2.29. The topological polar surface area (TPSA) is 38.5 Å². The summed E-state index contributed by atoms with van der Waals surface area (Å²) in [5, 5.41) is 0. The number of hydrogen-bond acceptors (Lipinski definition) is 3. The van der Waals surface area contributed by atoms with Crippen molar-refractivity contribution in [2.24, 2.45) is 11.1 Å². The minimum atomic E-state index is 0. The van der Waals surface area contributed by atoms with Gasteiger partial charge in [0, 0.05) is 18.7 Å². The molecule has 0 aliphatic carbocycles. The van der Waals surface area contributed by atoms with Gasteiger partial charge in [0.2, 0.25) is 0 Å². The first-order chi connectivity index (χ1) is 8.17. The highest BCUT2D eigenvalue weighted by Gasteiger charge is 2.32. The van der Waals surface area contributed by atoms with Crippen molar-refractivity contribution in [3.63, 3.8) is 0 Å². The van der Waals surface area contributed by atoms with E-state index in [1.54, 1.807) is 7.11 Å². The van der Waals surface area contributed by atoms with E-state index in [1.165, 1.54) is 12.0 Å². The van der Waals surface area contributed by atoms with Crippen molar-refractivity contribution in [2.75, 3.05) is 26.7 Å². The summed E-state index contributed by atoms with van der Waals surface area (Å²) < 4.78 is 5.38. The monoisotopic (exact) mass is 270 g/mol. The molecule has 1 fully saturated rings. The lowest BCUT2D eigenvalue weighted by molar-refractivity contribution is 0.270. The lowest BCUT2D eigenvalue weighted by Gasteiger charge is -2.23. The van der Waals surface area contributed by atoms with Crippen LogP contribution in [0.3, 0.4) is 0 Å². The standard InChI is InChI=1S/C14H22N2O.ClH/c1-14(10-15)7-8-16(11-14)9-12-5-3-4-6-13(12)17-2;/h3-6H,7-11,15H2,1-2H3;1H. The Hall–Kier alpha value is -0.770. The highest BCUT2D eigenvalue weighted by atomic mass is 35.5. The van der Waals surface area contributed by atoms with Crippen LogP contribution in [0.25, 0.3) is 0 Å². The Morgan fingerprint density at radius 1 is 1.39 bits per heavy atom. The van der Waals surface area contributed by atoms with Gasteiger partial charge in [-0.15, -0.1) is 12.4 Å². The first-order valence-electron chi connectivity index (χ1n) is 6.21. The summed E-state index contributed by atoms with van der Waals surface area (Å²) in [4.78, 5) is 2.46. The van der Waals surface area contributed by atoms with E-state index in [0.717, 1.165) is 31.9 Å². The molecular weight excluding hydrogens is 248 g/mol. The molecule has 2 N–H and O–H groups in total. The van der Waals surface area contributed by atoms with Crippen LogP contribution in [0.15, 0.2) is 24.3 Å². The third kappa shape index (κ3) is 3.37. The van der Waals surface area contributed by atoms with E-state index in [1.807, 2.05) is 12.1 Å². The second-order valence-electron chi connectivity index (χ2n) is 5.29. The van der Waals surface area contributed by atoms with Crippen LogP contribution < -0.4 is 10.5 Å². The Balaban J connectivity index is 0.00000162. The molecule has 0 radical (unpaired) electrons. The van der Waals surface area contributed by atoms with Crippen molar-refractivity contribution in [2.45, 2.75) is 19.9 Å². The molecule has 1 aromatic rings. The van der Waals surface area contributed by atoms with Crippen LogP contribution in [0, 0.1) is 5.41 Å². The van der Waals surface area contributed by atoms with Gasteiger partial charge in [0.05, 0.1) is 7.11 Å². The fraction of sp³-hybridized carbons (Fsp3) is 0.571. The fourth-order valence-electron chi connectivity index (χ4n) is 2.50. The minimum absolute atomic E-state index is 0. The van der Waals surface area contributed by atoms with Gasteiger partial charge in [-0.2, -0.15) is 0 Å². The zero-order valence-electron chi connectivity index (χ0n) is 11.2. The molecule has 1 aliphatic rings. The van der Waals surface area contributed by atoms with Gasteiger partial charge in [0.25, 0.3) is 0 Å². The Bertz CT molecular complexity index is 386. The molecule has 3 nitrogen and oxygen atoms in total. The quantitative estimate of drug-likeness (QED) is 0.912. The van der Waals surface area contributed by atoms with Crippen molar-refractivity contribution in [3.8, 4) is 5.75 Å². The van der Waals surface area contributed by atoms with E-state index in [2.05, 4.69) is 24.0 Å². The van der Waals surface area contributed by atoms with Crippen molar-refractivity contribution < 1.29 is 4.74 Å². The van der Waals surface area contributed by atoms with Gasteiger partial charge in [-0.3, -0.25) is 4.90 Å². The summed E-state index contributed by atoms with van der Waals surface area (Å²) in [5.41, 5.74) is 7.38. The predicted molar refractivity (Wildman–Crippen MR) is 77.3 cm³/mol. The molecule has 1 aliphatic heterocycles. The second-order valence-corrected chi connectivity index (χ2v) is 5.29. The summed E-state index contributed by atoms with van der Waals surface area (Å²) in [6.07, 6.45) is 1.19. The zero-order chi connectivity index (χ0) is 12.3. The van der Waals surface area contributed by atoms with Crippen molar-refractivity contribution in [3.05, 3.63) is 29.8 Å². The molecule has 1 aromatic carbocycles. The third-order valence-electron chi connectivity index (χ3n) is 3.72. The largest absolute Gasteiger partial charge is 0.496 e. The maximum atomic E-state index is 5.83. The minimum Gasteiger partial charge on any atom is -0.496 e. The number of benzene rings is 1. The van der Waals surface area contributed by atoms with Crippen LogP contribution in [0.1, 0.15) is 18.9 Å². The molecule has 18 heavy (non-hydrogen) atoms. The van der Waals surface area contributed by atoms with Gasteiger partial charge < -0.3 is 10.5 Å². The summed E-state index contributed by atoms with van der Waals surface area (Å²) in [7, 11) is 1.73. The normalized spacial score (nSPS) is 23.7. The van der Waals surface area contributed by atoms with Gasteiger partial charge in [0.1, 0.15) is 5.75 Å². The number of para-hydroxylation sites is 1. The lowest BCUT2D eigenvalue weighted by atomic mass is 9.90. The molecule has 1 heterocycles. The van der Waals surface area contributed by atoms with Crippen LogP contribution in [-0.4, -0.2) is 31.6 Å². The smallest absolute Gasteiger partial charge is 0.123 e.